The second-order valence-corrected chi connectivity index (χ2v) is 9.63. The number of aliphatic hydroxyl groups is 1. The van der Waals surface area contributed by atoms with Gasteiger partial charge in [0, 0.05) is 31.0 Å². The van der Waals surface area contributed by atoms with Gasteiger partial charge in [0.2, 0.25) is 5.88 Å². The van der Waals surface area contributed by atoms with Crippen LogP contribution >= 0.6 is 0 Å². The Morgan fingerprint density at radius 1 is 1.25 bits per heavy atom. The fourth-order valence-electron chi connectivity index (χ4n) is 3.44. The summed E-state index contributed by atoms with van der Waals surface area (Å²) in [6.45, 7) is 4.06. The largest absolute Gasteiger partial charge is 0.473 e. The Hall–Kier alpha value is -2.70. The summed E-state index contributed by atoms with van der Waals surface area (Å²) in [6.07, 6.45) is 2.64. The van der Waals surface area contributed by atoms with Gasteiger partial charge in [-0.1, -0.05) is 24.3 Å². The molecule has 1 saturated heterocycles. The summed E-state index contributed by atoms with van der Waals surface area (Å²) in [6, 6.07) is 9.24. The zero-order valence-corrected chi connectivity index (χ0v) is 18.6. The fourth-order valence-corrected chi connectivity index (χ4v) is 4.14. The van der Waals surface area contributed by atoms with Gasteiger partial charge in [-0.25, -0.2) is 15.1 Å². The monoisotopic (exact) mass is 459 g/mol. The predicted octanol–water partition coefficient (Wildman–Crippen LogP) is 1.20. The third-order valence-corrected chi connectivity index (χ3v) is 6.23. The van der Waals surface area contributed by atoms with Gasteiger partial charge in [0.25, 0.3) is 10.2 Å². The highest BCUT2D eigenvalue weighted by Crippen LogP contribution is 2.29. The topological polar surface area (TPSA) is 141 Å². The third kappa shape index (κ3) is 5.03. The van der Waals surface area contributed by atoms with E-state index in [1.165, 1.54) is 0 Å². The van der Waals surface area contributed by atoms with Gasteiger partial charge in [0.05, 0.1) is 23.4 Å². The van der Waals surface area contributed by atoms with Crippen LogP contribution in [0.15, 0.2) is 42.7 Å². The average Bonchev–Trinajstić information content (AvgIpc) is 2.76. The SMILES string of the molecule is CC(C)(O)c1ccc(-c2cc3nccnc3c(OC[C@@H]3CN(S(N)(=O)=O)CCO3)n2)cc1. The molecule has 1 aliphatic heterocycles. The Labute approximate surface area is 186 Å². The molecule has 0 saturated carbocycles. The van der Waals surface area contributed by atoms with Crippen molar-refractivity contribution in [2.45, 2.75) is 25.6 Å². The van der Waals surface area contributed by atoms with E-state index in [2.05, 4.69) is 15.0 Å². The summed E-state index contributed by atoms with van der Waals surface area (Å²) in [5.41, 5.74) is 2.39. The first-order chi connectivity index (χ1) is 15.1. The van der Waals surface area contributed by atoms with Crippen LogP contribution in [0.1, 0.15) is 19.4 Å². The minimum absolute atomic E-state index is 0.0752. The van der Waals surface area contributed by atoms with Crippen molar-refractivity contribution >= 4 is 21.2 Å². The maximum Gasteiger partial charge on any atom is 0.277 e. The molecular formula is C21H25N5O5S. The molecule has 170 valence electrons. The molecule has 11 heteroatoms. The Morgan fingerprint density at radius 2 is 1.97 bits per heavy atom. The molecule has 0 spiro atoms. The second kappa shape index (κ2) is 8.68. The average molecular weight is 460 g/mol. The second-order valence-electron chi connectivity index (χ2n) is 8.08. The maximum absolute atomic E-state index is 11.6. The van der Waals surface area contributed by atoms with Crippen LogP contribution in [0.25, 0.3) is 22.3 Å². The third-order valence-electron chi connectivity index (χ3n) is 5.18. The Morgan fingerprint density at radius 3 is 2.66 bits per heavy atom. The molecule has 3 N–H and O–H groups in total. The van der Waals surface area contributed by atoms with Crippen LogP contribution in [0.4, 0.5) is 0 Å². The minimum atomic E-state index is -3.79. The number of nitrogens with zero attached hydrogens (tertiary/aromatic N) is 4. The number of pyridine rings is 1. The number of hydrogen-bond acceptors (Lipinski definition) is 8. The van der Waals surface area contributed by atoms with E-state index in [1.54, 1.807) is 26.2 Å². The highest BCUT2D eigenvalue weighted by molar-refractivity contribution is 7.86. The minimum Gasteiger partial charge on any atom is -0.473 e. The van der Waals surface area contributed by atoms with E-state index < -0.39 is 21.9 Å². The highest BCUT2D eigenvalue weighted by Gasteiger charge is 2.28. The Balaban J connectivity index is 1.60. The van der Waals surface area contributed by atoms with Gasteiger partial charge in [0.15, 0.2) is 5.52 Å². The van der Waals surface area contributed by atoms with Gasteiger partial charge >= 0.3 is 0 Å². The predicted molar refractivity (Wildman–Crippen MR) is 118 cm³/mol. The molecular weight excluding hydrogens is 434 g/mol. The molecule has 0 radical (unpaired) electrons. The molecule has 0 amide bonds. The molecule has 1 aromatic carbocycles. The van der Waals surface area contributed by atoms with Crippen LogP contribution in [0.2, 0.25) is 0 Å². The molecule has 10 nitrogen and oxygen atoms in total. The van der Waals surface area contributed by atoms with Crippen molar-refractivity contribution in [1.29, 1.82) is 0 Å². The van der Waals surface area contributed by atoms with E-state index in [1.807, 2.05) is 30.3 Å². The van der Waals surface area contributed by atoms with Gasteiger partial charge < -0.3 is 14.6 Å². The number of hydrogen-bond donors (Lipinski definition) is 2. The highest BCUT2D eigenvalue weighted by atomic mass is 32.2. The Bertz CT molecular complexity index is 1210. The normalized spacial score (nSPS) is 18.1. The maximum atomic E-state index is 11.6. The van der Waals surface area contributed by atoms with E-state index >= 15 is 0 Å². The van der Waals surface area contributed by atoms with E-state index in [-0.39, 0.29) is 32.2 Å². The molecule has 0 bridgehead atoms. The number of nitrogens with two attached hydrogens (primary N) is 1. The van der Waals surface area contributed by atoms with Crippen molar-refractivity contribution in [3.05, 3.63) is 48.3 Å². The standard InChI is InChI=1S/C21H25N5O5S/c1-21(2,27)15-5-3-14(4-6-15)17-11-18-19(24-8-7-23-18)20(25-17)31-13-16-12-26(9-10-30-16)32(22,28)29/h3-8,11,16,27H,9-10,12-13H2,1-2H3,(H2,22,28,29)/t16-/m0/s1. The van der Waals surface area contributed by atoms with Crippen LogP contribution in [0.5, 0.6) is 5.88 Å². The number of morpholine rings is 1. The first-order valence-electron chi connectivity index (χ1n) is 10.1. The molecule has 1 aliphatic rings. The number of aromatic nitrogens is 3. The van der Waals surface area contributed by atoms with E-state index in [4.69, 9.17) is 14.6 Å². The number of ether oxygens (including phenoxy) is 2. The van der Waals surface area contributed by atoms with Crippen molar-refractivity contribution in [1.82, 2.24) is 19.3 Å². The lowest BCUT2D eigenvalue weighted by molar-refractivity contribution is -0.0254. The van der Waals surface area contributed by atoms with Crippen molar-refractivity contribution in [3.8, 4) is 17.1 Å². The van der Waals surface area contributed by atoms with Gasteiger partial charge in [-0.15, -0.1) is 0 Å². The number of fused-ring (bicyclic) bond motifs is 1. The van der Waals surface area contributed by atoms with Crippen LogP contribution in [0, 0.1) is 0 Å². The summed E-state index contributed by atoms with van der Waals surface area (Å²) in [5.74, 6) is 0.272. The number of benzene rings is 1. The molecule has 1 atom stereocenters. The summed E-state index contributed by atoms with van der Waals surface area (Å²) in [7, 11) is -3.79. The van der Waals surface area contributed by atoms with Crippen molar-refractivity contribution in [2.75, 3.05) is 26.3 Å². The lowest BCUT2D eigenvalue weighted by atomic mass is 9.96. The molecule has 0 aliphatic carbocycles. The van der Waals surface area contributed by atoms with Crippen LogP contribution in [0.3, 0.4) is 0 Å². The summed E-state index contributed by atoms with van der Waals surface area (Å²) >= 11 is 0. The number of rotatable bonds is 6. The zero-order chi connectivity index (χ0) is 22.9. The molecule has 2 aromatic heterocycles. The first-order valence-corrected chi connectivity index (χ1v) is 11.6. The lowest BCUT2D eigenvalue weighted by Crippen LogP contribution is -2.49. The van der Waals surface area contributed by atoms with Gasteiger partial charge in [-0.2, -0.15) is 12.7 Å². The Kier molecular flexibility index (Phi) is 6.10. The van der Waals surface area contributed by atoms with Crippen molar-refractivity contribution < 1.29 is 23.0 Å². The van der Waals surface area contributed by atoms with E-state index in [0.717, 1.165) is 15.4 Å². The quantitative estimate of drug-likeness (QED) is 0.560. The molecule has 0 unspecified atom stereocenters. The van der Waals surface area contributed by atoms with Crippen LogP contribution < -0.4 is 9.88 Å². The summed E-state index contributed by atoms with van der Waals surface area (Å²) in [5, 5.41) is 15.4. The molecule has 3 aromatic rings. The van der Waals surface area contributed by atoms with Gasteiger partial charge in [-0.05, 0) is 25.5 Å². The molecule has 3 heterocycles. The zero-order valence-electron chi connectivity index (χ0n) is 17.8. The van der Waals surface area contributed by atoms with E-state index in [9.17, 15) is 13.5 Å². The molecule has 4 rings (SSSR count). The fraction of sp³-hybridized carbons (Fsp3) is 0.381. The molecule has 32 heavy (non-hydrogen) atoms. The van der Waals surface area contributed by atoms with Crippen LogP contribution in [-0.4, -0.2) is 65.2 Å². The molecule has 1 fully saturated rings. The summed E-state index contributed by atoms with van der Waals surface area (Å²) in [4.78, 5) is 13.3. The first kappa shape index (κ1) is 22.5. The lowest BCUT2D eigenvalue weighted by Gasteiger charge is -2.30. The van der Waals surface area contributed by atoms with E-state index in [0.29, 0.717) is 16.7 Å². The van der Waals surface area contributed by atoms with Crippen molar-refractivity contribution in [2.24, 2.45) is 5.14 Å². The van der Waals surface area contributed by atoms with Gasteiger partial charge in [0.1, 0.15) is 12.7 Å². The summed E-state index contributed by atoms with van der Waals surface area (Å²) < 4.78 is 36.0. The smallest absolute Gasteiger partial charge is 0.277 e. The van der Waals surface area contributed by atoms with Crippen LogP contribution in [-0.2, 0) is 20.5 Å². The van der Waals surface area contributed by atoms with Gasteiger partial charge in [-0.3, -0.25) is 4.98 Å². The van der Waals surface area contributed by atoms with Crippen molar-refractivity contribution in [3.63, 3.8) is 0 Å².